The number of halogens is 2. The Balaban J connectivity index is 2.59. The van der Waals surface area contributed by atoms with Crippen LogP contribution in [0.5, 0.6) is 0 Å². The van der Waals surface area contributed by atoms with E-state index in [2.05, 4.69) is 21.4 Å². The Morgan fingerprint density at radius 3 is 2.95 bits per heavy atom. The molecule has 1 N–H and O–H groups in total. The number of hydrogen-bond acceptors (Lipinski definition) is 7. The van der Waals surface area contributed by atoms with E-state index in [1.165, 1.54) is 11.8 Å². The third kappa shape index (κ3) is 7.67. The number of thiocarbonyl (C=S) groups is 1. The molecule has 21 heavy (non-hydrogen) atoms. The summed E-state index contributed by atoms with van der Waals surface area (Å²) in [5.74, 6) is 0.532. The zero-order valence-corrected chi connectivity index (χ0v) is 14.5. The maximum absolute atomic E-state index is 8.71. The average molecular weight is 365 g/mol. The van der Waals surface area contributed by atoms with Gasteiger partial charge in [0.1, 0.15) is 11.0 Å². The number of rotatable bonds is 7. The van der Waals surface area contributed by atoms with Crippen molar-refractivity contribution < 1.29 is 4.74 Å². The molecule has 0 fully saturated rings. The van der Waals surface area contributed by atoms with Crippen molar-refractivity contribution in [2.45, 2.75) is 25.0 Å². The first kappa shape index (κ1) is 18.2. The zero-order chi connectivity index (χ0) is 15.7. The topological polar surface area (TPSA) is 70.8 Å². The lowest BCUT2D eigenvalue weighted by Gasteiger charge is -2.16. The van der Waals surface area contributed by atoms with Crippen molar-refractivity contribution >= 4 is 57.4 Å². The first-order chi connectivity index (χ1) is 10.0. The molecule has 0 bridgehead atoms. The monoisotopic (exact) mass is 364 g/mol. The van der Waals surface area contributed by atoms with Crippen LogP contribution in [0.1, 0.15) is 19.8 Å². The maximum Gasteiger partial charge on any atom is 0.225 e. The van der Waals surface area contributed by atoms with Crippen LogP contribution >= 0.6 is 47.2 Å². The highest BCUT2D eigenvalue weighted by Crippen LogP contribution is 2.21. The van der Waals surface area contributed by atoms with Crippen molar-refractivity contribution in [1.82, 2.24) is 9.97 Å². The van der Waals surface area contributed by atoms with Crippen molar-refractivity contribution in [2.24, 2.45) is 0 Å². The molecule has 0 aliphatic heterocycles. The van der Waals surface area contributed by atoms with Gasteiger partial charge in [-0.15, -0.1) is 0 Å². The molecule has 1 aromatic rings. The summed E-state index contributed by atoms with van der Waals surface area (Å²) in [7, 11) is 0. The normalized spacial score (nSPS) is 11.5. The summed E-state index contributed by atoms with van der Waals surface area (Å²) in [6.07, 6.45) is 1.13. The van der Waals surface area contributed by atoms with Gasteiger partial charge in [-0.3, -0.25) is 0 Å². The van der Waals surface area contributed by atoms with E-state index in [4.69, 9.17) is 45.4 Å². The van der Waals surface area contributed by atoms with Crippen LogP contribution in [0.3, 0.4) is 0 Å². The summed E-state index contributed by atoms with van der Waals surface area (Å²) < 4.78 is 5.73. The molecule has 0 aliphatic carbocycles. The van der Waals surface area contributed by atoms with Crippen LogP contribution in [0.4, 0.5) is 5.82 Å². The van der Waals surface area contributed by atoms with Gasteiger partial charge in [0.25, 0.3) is 0 Å². The molecule has 1 rings (SSSR count). The van der Waals surface area contributed by atoms with Crippen LogP contribution in [0.15, 0.2) is 6.07 Å². The Bertz CT molecular complexity index is 504. The van der Waals surface area contributed by atoms with Gasteiger partial charge < -0.3 is 10.1 Å². The smallest absolute Gasteiger partial charge is 0.225 e. The summed E-state index contributed by atoms with van der Waals surface area (Å²) in [4.78, 5) is 7.80. The predicted octanol–water partition coefficient (Wildman–Crippen LogP) is 3.92. The Labute approximate surface area is 143 Å². The van der Waals surface area contributed by atoms with Crippen LogP contribution in [0.2, 0.25) is 10.4 Å². The van der Waals surface area contributed by atoms with Crippen molar-refractivity contribution in [3.05, 3.63) is 16.5 Å². The van der Waals surface area contributed by atoms with Crippen molar-refractivity contribution in [3.63, 3.8) is 0 Å². The lowest BCUT2D eigenvalue weighted by molar-refractivity contribution is 0.346. The second-order valence-electron chi connectivity index (χ2n) is 3.85. The van der Waals surface area contributed by atoms with E-state index in [9.17, 15) is 0 Å². The highest BCUT2D eigenvalue weighted by molar-refractivity contribution is 8.23. The lowest BCUT2D eigenvalue weighted by atomic mass is 10.2. The second-order valence-corrected chi connectivity index (χ2v) is 6.47. The molecule has 0 saturated heterocycles. The standard InChI is InChI=1S/C12H14Cl2N4OS2/c1-2-19-12(20)21-8(4-3-5-15)7-16-10-6-9(13)17-11(14)18-10/h6,8H,2-4,7H2,1H3,(H,16,17,18). The number of anilines is 1. The fourth-order valence-electron chi connectivity index (χ4n) is 1.42. The van der Waals surface area contributed by atoms with E-state index >= 15 is 0 Å². The van der Waals surface area contributed by atoms with Gasteiger partial charge in [-0.05, 0) is 37.2 Å². The van der Waals surface area contributed by atoms with Gasteiger partial charge in [-0.25, -0.2) is 9.97 Å². The number of nitrogens with one attached hydrogen (secondary N) is 1. The molecule has 114 valence electrons. The summed E-state index contributed by atoms with van der Waals surface area (Å²) in [5, 5.41) is 12.3. The molecule has 5 nitrogen and oxygen atoms in total. The van der Waals surface area contributed by atoms with Gasteiger partial charge in [0.2, 0.25) is 9.67 Å². The van der Waals surface area contributed by atoms with Gasteiger partial charge in [0.05, 0.1) is 12.7 Å². The highest BCUT2D eigenvalue weighted by Gasteiger charge is 2.14. The molecule has 0 aromatic carbocycles. The van der Waals surface area contributed by atoms with E-state index in [1.807, 2.05) is 6.92 Å². The molecule has 1 atom stereocenters. The summed E-state index contributed by atoms with van der Waals surface area (Å²) in [6, 6.07) is 3.71. The van der Waals surface area contributed by atoms with E-state index in [0.29, 0.717) is 36.2 Å². The Hall–Kier alpha value is -0.810. The molecule has 1 aromatic heterocycles. The number of nitrogens with zero attached hydrogens (tertiary/aromatic N) is 3. The quantitative estimate of drug-likeness (QED) is 0.446. The first-order valence-corrected chi connectivity index (χ1v) is 8.23. The number of thioether (sulfide) groups is 1. The predicted molar refractivity (Wildman–Crippen MR) is 91.0 cm³/mol. The van der Waals surface area contributed by atoms with Crippen molar-refractivity contribution in [1.29, 1.82) is 5.26 Å². The minimum Gasteiger partial charge on any atom is -0.479 e. The number of nitriles is 1. The molecular weight excluding hydrogens is 351 g/mol. The molecule has 0 spiro atoms. The van der Waals surface area contributed by atoms with E-state index < -0.39 is 0 Å². The van der Waals surface area contributed by atoms with E-state index in [0.717, 1.165) is 0 Å². The Morgan fingerprint density at radius 2 is 2.33 bits per heavy atom. The summed E-state index contributed by atoms with van der Waals surface area (Å²) in [6.45, 7) is 2.96. The van der Waals surface area contributed by atoms with Gasteiger partial charge >= 0.3 is 0 Å². The minimum atomic E-state index is 0.0797. The molecule has 0 aliphatic rings. The Kier molecular flexibility index (Phi) is 8.69. The minimum absolute atomic E-state index is 0.0797. The van der Waals surface area contributed by atoms with Gasteiger partial charge in [-0.1, -0.05) is 23.4 Å². The van der Waals surface area contributed by atoms with Crippen LogP contribution in [-0.4, -0.2) is 32.8 Å². The summed E-state index contributed by atoms with van der Waals surface area (Å²) in [5.41, 5.74) is 0. The van der Waals surface area contributed by atoms with Gasteiger partial charge in [0.15, 0.2) is 0 Å². The zero-order valence-electron chi connectivity index (χ0n) is 11.3. The number of aromatic nitrogens is 2. The molecular formula is C12H14Cl2N4OS2. The van der Waals surface area contributed by atoms with Gasteiger partial charge in [-0.2, -0.15) is 5.26 Å². The number of ether oxygens (including phenoxy) is 1. The van der Waals surface area contributed by atoms with Crippen LogP contribution in [0, 0.1) is 11.3 Å². The maximum atomic E-state index is 8.71. The third-order valence-electron chi connectivity index (χ3n) is 2.28. The van der Waals surface area contributed by atoms with Crippen LogP contribution < -0.4 is 5.32 Å². The lowest BCUT2D eigenvalue weighted by Crippen LogP contribution is -2.19. The molecule has 9 heteroatoms. The molecule has 0 radical (unpaired) electrons. The average Bonchev–Trinajstić information content (AvgIpc) is 2.41. The molecule has 1 unspecified atom stereocenters. The van der Waals surface area contributed by atoms with Crippen LogP contribution in [-0.2, 0) is 4.74 Å². The van der Waals surface area contributed by atoms with Crippen LogP contribution in [0.25, 0.3) is 0 Å². The van der Waals surface area contributed by atoms with Crippen molar-refractivity contribution in [2.75, 3.05) is 18.5 Å². The fourth-order valence-corrected chi connectivity index (χ4v) is 3.21. The number of hydrogen-bond donors (Lipinski definition) is 1. The largest absolute Gasteiger partial charge is 0.479 e. The van der Waals surface area contributed by atoms with Crippen molar-refractivity contribution in [3.8, 4) is 6.07 Å². The molecule has 1 heterocycles. The van der Waals surface area contributed by atoms with E-state index in [1.54, 1.807) is 6.07 Å². The van der Waals surface area contributed by atoms with Gasteiger partial charge in [0, 0.05) is 24.3 Å². The highest BCUT2D eigenvalue weighted by atomic mass is 35.5. The molecule has 0 amide bonds. The first-order valence-electron chi connectivity index (χ1n) is 6.19. The second kappa shape index (κ2) is 10.0. The third-order valence-corrected chi connectivity index (χ3v) is 4.10. The summed E-state index contributed by atoms with van der Waals surface area (Å²) >= 11 is 18.1. The van der Waals surface area contributed by atoms with E-state index in [-0.39, 0.29) is 15.7 Å². The Morgan fingerprint density at radius 1 is 1.57 bits per heavy atom. The fraction of sp³-hybridized carbons (Fsp3) is 0.500. The SMILES string of the molecule is CCOC(=S)SC(CCC#N)CNc1cc(Cl)nc(Cl)n1. The molecule has 0 saturated carbocycles.